The van der Waals surface area contributed by atoms with E-state index in [1.54, 1.807) is 0 Å². The van der Waals surface area contributed by atoms with Crippen LogP contribution >= 0.6 is 0 Å². The molecular weight excluding hydrogens is 450 g/mol. The van der Waals surface area contributed by atoms with Crippen molar-refractivity contribution in [3.8, 4) is 0 Å². The summed E-state index contributed by atoms with van der Waals surface area (Å²) in [5, 5.41) is 12.3. The summed E-state index contributed by atoms with van der Waals surface area (Å²) in [5.74, 6) is 1.09. The number of rotatable bonds is 3. The van der Waals surface area contributed by atoms with Gasteiger partial charge < -0.3 is 16.0 Å². The van der Waals surface area contributed by atoms with Crippen molar-refractivity contribution in [2.24, 2.45) is 11.5 Å². The van der Waals surface area contributed by atoms with Crippen LogP contribution in [-0.2, 0) is 30.1 Å². The second kappa shape index (κ2) is 8.13. The molecule has 2 saturated heterocycles. The molecule has 4 heterocycles. The van der Waals surface area contributed by atoms with Crippen molar-refractivity contribution in [1.82, 2.24) is 25.2 Å². The molecule has 0 saturated carbocycles. The van der Waals surface area contributed by atoms with E-state index < -0.39 is 0 Å². The van der Waals surface area contributed by atoms with Crippen LogP contribution in [0.2, 0.25) is 0 Å². The normalized spacial score (nSPS) is 28.2. The van der Waals surface area contributed by atoms with Crippen LogP contribution < -0.4 is 11.5 Å². The fraction of sp³-hybridized carbons (Fsp3) is 0.786. The highest BCUT2D eigenvalue weighted by molar-refractivity contribution is 5.40. The molecule has 0 unspecified atom stereocenters. The number of nitrogens with one attached hydrogen (secondary N) is 1. The summed E-state index contributed by atoms with van der Waals surface area (Å²) in [6.45, 7) is 15.8. The largest absolute Gasteiger partial charge is 0.360 e. The number of hydrogen-bond donors (Lipinski definition) is 3. The third-order valence-corrected chi connectivity index (χ3v) is 10.5. The Bertz CT molecular complexity index is 1110. The maximum Gasteiger partial charge on any atom is 0.148 e. The lowest BCUT2D eigenvalue weighted by molar-refractivity contribution is 0.0542. The summed E-state index contributed by atoms with van der Waals surface area (Å²) in [6.07, 6.45) is 8.94. The average Bonchev–Trinajstić information content (AvgIpc) is 3.55. The van der Waals surface area contributed by atoms with Crippen LogP contribution in [0, 0.1) is 0 Å². The van der Waals surface area contributed by atoms with E-state index in [2.05, 4.69) is 59.8 Å². The molecule has 0 radical (unpaired) electrons. The molecule has 2 aliphatic heterocycles. The molecule has 2 spiro atoms. The van der Waals surface area contributed by atoms with Gasteiger partial charge in [0.2, 0.25) is 0 Å². The third kappa shape index (κ3) is 3.55. The number of piperidine rings is 2. The van der Waals surface area contributed by atoms with Crippen LogP contribution in [0.3, 0.4) is 0 Å². The van der Waals surface area contributed by atoms with Crippen LogP contribution in [0.4, 0.5) is 0 Å². The molecule has 2 fully saturated rings. The quantitative estimate of drug-likeness (QED) is 0.600. The lowest BCUT2D eigenvalue weighted by atomic mass is 9.72. The van der Waals surface area contributed by atoms with Crippen molar-refractivity contribution in [2.75, 3.05) is 26.2 Å². The number of aromatic amines is 1. The number of hydrogen-bond acceptors (Lipinski definition) is 7. The van der Waals surface area contributed by atoms with E-state index in [4.69, 9.17) is 16.0 Å². The first kappa shape index (κ1) is 24.6. The number of nitrogens with two attached hydrogens (primary N) is 2. The number of fused-ring (bicyclic) bond motifs is 4. The Labute approximate surface area is 215 Å². The minimum absolute atomic E-state index is 0.0127. The second-order valence-electron chi connectivity index (χ2n) is 13.8. The molecule has 2 aromatic heterocycles. The Balaban J connectivity index is 1.16. The summed E-state index contributed by atoms with van der Waals surface area (Å²) in [5.41, 5.74) is 18.7. The van der Waals surface area contributed by atoms with Gasteiger partial charge in [-0.05, 0) is 105 Å². The zero-order valence-electron chi connectivity index (χ0n) is 22.9. The summed E-state index contributed by atoms with van der Waals surface area (Å²) in [6, 6.07) is 0.314. The van der Waals surface area contributed by atoms with Crippen molar-refractivity contribution in [3.05, 3.63) is 34.5 Å². The minimum atomic E-state index is -0.0512. The van der Waals surface area contributed by atoms with Gasteiger partial charge in [0, 0.05) is 51.7 Å². The fourth-order valence-electron chi connectivity index (χ4n) is 8.01. The Morgan fingerprint density at radius 1 is 0.944 bits per heavy atom. The number of likely N-dealkylation sites (tertiary alicyclic amines) is 2. The number of H-pyrrole nitrogens is 1. The molecule has 8 heteroatoms. The first-order valence-corrected chi connectivity index (χ1v) is 14.0. The van der Waals surface area contributed by atoms with E-state index in [1.165, 1.54) is 16.8 Å². The van der Waals surface area contributed by atoms with E-state index in [0.717, 1.165) is 82.6 Å². The van der Waals surface area contributed by atoms with Crippen molar-refractivity contribution >= 4 is 0 Å². The van der Waals surface area contributed by atoms with Crippen molar-refractivity contribution in [1.29, 1.82) is 0 Å². The summed E-state index contributed by atoms with van der Waals surface area (Å²) < 4.78 is 6.15. The number of aromatic nitrogens is 3. The molecule has 2 atom stereocenters. The highest BCUT2D eigenvalue weighted by Gasteiger charge is 2.53. The summed E-state index contributed by atoms with van der Waals surface area (Å²) >= 11 is 0. The van der Waals surface area contributed by atoms with Gasteiger partial charge in [0.05, 0.1) is 11.9 Å². The van der Waals surface area contributed by atoms with Gasteiger partial charge in [-0.25, -0.2) is 0 Å². The topological polar surface area (TPSA) is 113 Å². The first-order valence-electron chi connectivity index (χ1n) is 14.0. The van der Waals surface area contributed by atoms with E-state index in [9.17, 15) is 0 Å². The van der Waals surface area contributed by atoms with Gasteiger partial charge in [0.25, 0.3) is 0 Å². The summed E-state index contributed by atoms with van der Waals surface area (Å²) in [4.78, 5) is 5.21. The van der Waals surface area contributed by atoms with Crippen molar-refractivity contribution < 1.29 is 4.52 Å². The van der Waals surface area contributed by atoms with E-state index >= 15 is 0 Å². The predicted octanol–water partition coefficient (Wildman–Crippen LogP) is 2.65. The molecule has 36 heavy (non-hydrogen) atoms. The molecule has 2 aliphatic carbocycles. The van der Waals surface area contributed by atoms with Gasteiger partial charge in [-0.2, -0.15) is 5.10 Å². The number of nitrogens with zero attached hydrogens (tertiary/aromatic N) is 4. The second-order valence-corrected chi connectivity index (χ2v) is 13.8. The van der Waals surface area contributed by atoms with Gasteiger partial charge in [0.15, 0.2) is 0 Å². The maximum atomic E-state index is 6.84. The maximum absolute atomic E-state index is 6.84. The van der Waals surface area contributed by atoms with Gasteiger partial charge >= 0.3 is 0 Å². The zero-order valence-corrected chi connectivity index (χ0v) is 22.9. The lowest BCUT2D eigenvalue weighted by Crippen LogP contribution is -2.56. The smallest absolute Gasteiger partial charge is 0.148 e. The van der Waals surface area contributed by atoms with E-state index in [1.807, 2.05) is 6.20 Å². The monoisotopic (exact) mass is 495 g/mol. The van der Waals surface area contributed by atoms with Crippen LogP contribution in [-0.4, -0.2) is 74.5 Å². The van der Waals surface area contributed by atoms with Crippen molar-refractivity contribution in [3.63, 3.8) is 0 Å². The fourth-order valence-corrected chi connectivity index (χ4v) is 8.01. The first-order chi connectivity index (χ1) is 17.0. The predicted molar refractivity (Wildman–Crippen MR) is 141 cm³/mol. The van der Waals surface area contributed by atoms with Crippen LogP contribution in [0.25, 0.3) is 0 Å². The standard InChI is InChI=1S/C28H45N7O/c1-25(2,3)34-10-8-28(9-11-34)22(30)15-19-20(33-36-24(19)28)16-26(4,5)35-12-6-27(7-13-35)21(29)14-18-17-31-32-23(18)27/h17,21-22H,6-16,29-30H2,1-5H3,(H,31,32)/t21-,22-/m1/s1. The molecule has 0 aromatic carbocycles. The highest BCUT2D eigenvalue weighted by atomic mass is 16.5. The molecule has 0 bridgehead atoms. The van der Waals surface area contributed by atoms with Gasteiger partial charge in [-0.15, -0.1) is 0 Å². The Morgan fingerprint density at radius 3 is 2.22 bits per heavy atom. The van der Waals surface area contributed by atoms with Gasteiger partial charge in [-0.1, -0.05) is 5.16 Å². The van der Waals surface area contributed by atoms with Crippen LogP contribution in [0.15, 0.2) is 10.7 Å². The van der Waals surface area contributed by atoms with Gasteiger partial charge in [-0.3, -0.25) is 14.9 Å². The Morgan fingerprint density at radius 2 is 1.56 bits per heavy atom. The highest BCUT2D eigenvalue weighted by Crippen LogP contribution is 2.49. The minimum Gasteiger partial charge on any atom is -0.360 e. The SMILES string of the molecule is CC(C)(C)N1CCC2(CC1)c1onc(CC(C)(C)N3CCC4(CC3)c3[nH]ncc3C[C@H]4N)c1C[C@H]2N. The zero-order chi connectivity index (χ0) is 25.5. The molecule has 2 aromatic rings. The Hall–Kier alpha value is -1.74. The summed E-state index contributed by atoms with van der Waals surface area (Å²) in [7, 11) is 0. The van der Waals surface area contributed by atoms with Crippen LogP contribution in [0.5, 0.6) is 0 Å². The molecule has 8 nitrogen and oxygen atoms in total. The molecule has 5 N–H and O–H groups in total. The molecule has 0 amide bonds. The Kier molecular flexibility index (Phi) is 5.55. The van der Waals surface area contributed by atoms with Gasteiger partial charge in [0.1, 0.15) is 5.76 Å². The van der Waals surface area contributed by atoms with Crippen molar-refractivity contribution in [2.45, 2.75) is 114 Å². The molecule has 198 valence electrons. The van der Waals surface area contributed by atoms with E-state index in [-0.39, 0.29) is 34.0 Å². The lowest BCUT2D eigenvalue weighted by Gasteiger charge is -2.47. The third-order valence-electron chi connectivity index (χ3n) is 10.5. The molecular formula is C28H45N7O. The molecule has 4 aliphatic rings. The van der Waals surface area contributed by atoms with E-state index in [0.29, 0.717) is 0 Å². The molecule has 6 rings (SSSR count). The van der Waals surface area contributed by atoms with Crippen LogP contribution in [0.1, 0.15) is 88.6 Å². The average molecular weight is 496 g/mol.